The molecule has 0 amide bonds. The molecule has 11 heteroatoms. The van der Waals surface area contributed by atoms with E-state index in [0.717, 1.165) is 30.3 Å². The van der Waals surface area contributed by atoms with Crippen molar-refractivity contribution in [1.82, 2.24) is 0 Å². The molecule has 2 N–H and O–H groups in total. The number of carboxylic acids is 2. The van der Waals surface area contributed by atoms with Gasteiger partial charge in [0, 0.05) is 11.1 Å². The second kappa shape index (κ2) is 10.7. The molecule has 11 nitrogen and oxygen atoms in total. The molecule has 0 aliphatic carbocycles. The number of carbonyl (C=O) groups is 5. The highest BCUT2D eigenvalue weighted by molar-refractivity contribution is 6.13. The quantitative estimate of drug-likeness (QED) is 0.304. The third kappa shape index (κ3) is 7.45. The molecule has 2 aromatic rings. The lowest BCUT2D eigenvalue weighted by Gasteiger charge is -2.17. The van der Waals surface area contributed by atoms with E-state index in [1.54, 1.807) is 41.5 Å². The van der Waals surface area contributed by atoms with Gasteiger partial charge in [-0.1, -0.05) is 12.1 Å². The molecule has 0 atom stereocenters. The molecule has 0 unspecified atom stereocenters. The minimum absolute atomic E-state index is 0.134. The van der Waals surface area contributed by atoms with Crippen LogP contribution in [0.1, 0.15) is 98.9 Å². The van der Waals surface area contributed by atoms with Gasteiger partial charge in [0.2, 0.25) is 0 Å². The second-order valence-electron chi connectivity index (χ2n) is 9.59. The van der Waals surface area contributed by atoms with E-state index in [-0.39, 0.29) is 16.7 Å². The average molecular weight is 502 g/mol. The molecule has 2 rings (SSSR count). The Morgan fingerprint density at radius 2 is 0.972 bits per heavy atom. The van der Waals surface area contributed by atoms with Gasteiger partial charge in [0.25, 0.3) is 0 Å². The number of aromatic carboxylic acids is 2. The monoisotopic (exact) mass is 502 g/mol. The highest BCUT2D eigenvalue weighted by Gasteiger charge is 2.26. The Labute approximate surface area is 206 Å². The van der Waals surface area contributed by atoms with Gasteiger partial charge in [-0.2, -0.15) is 9.78 Å². The van der Waals surface area contributed by atoms with Crippen molar-refractivity contribution in [3.05, 3.63) is 69.8 Å². The third-order valence-electron chi connectivity index (χ3n) is 4.20. The molecule has 2 aromatic carbocycles. The third-order valence-corrected chi connectivity index (χ3v) is 4.20. The first kappa shape index (κ1) is 28.1. The minimum atomic E-state index is -1.50. The predicted octanol–water partition coefficient (Wildman–Crippen LogP) is 4.09. The van der Waals surface area contributed by atoms with Gasteiger partial charge in [-0.05, 0) is 65.8 Å². The number of benzene rings is 2. The molecule has 36 heavy (non-hydrogen) atoms. The number of carboxylic acid groups (broad SMARTS) is 2. The summed E-state index contributed by atoms with van der Waals surface area (Å²) in [5.41, 5.74) is -3.75. The Hall–Kier alpha value is -4.09. The Balaban J connectivity index is 2.44. The zero-order chi connectivity index (χ0) is 27.4. The fraction of sp³-hybridized carbons (Fsp3) is 0.320. The number of rotatable bonds is 8. The molecular weight excluding hydrogens is 476 g/mol. The van der Waals surface area contributed by atoms with Gasteiger partial charge in [-0.15, -0.1) is 0 Å². The van der Waals surface area contributed by atoms with E-state index in [1.165, 1.54) is 6.07 Å². The molecule has 0 saturated heterocycles. The van der Waals surface area contributed by atoms with Crippen LogP contribution in [0.4, 0.5) is 0 Å². The van der Waals surface area contributed by atoms with Crippen LogP contribution in [-0.4, -0.2) is 51.1 Å². The molecule has 0 fully saturated rings. The van der Waals surface area contributed by atoms with E-state index in [4.69, 9.17) is 14.7 Å². The molecule has 0 aliphatic heterocycles. The van der Waals surface area contributed by atoms with Gasteiger partial charge in [-0.25, -0.2) is 19.2 Å². The maximum atomic E-state index is 13.1. The molecule has 0 radical (unpaired) electrons. The molecule has 192 valence electrons. The van der Waals surface area contributed by atoms with Crippen molar-refractivity contribution in [2.24, 2.45) is 0 Å². The molecular formula is C25H26O11. The molecule has 0 aromatic heterocycles. The maximum absolute atomic E-state index is 13.1. The zero-order valence-corrected chi connectivity index (χ0v) is 20.5. The van der Waals surface area contributed by atoms with E-state index in [0.29, 0.717) is 0 Å². The standard InChI is InChI=1S/C25H26O11/c1-24(2,3)35-33-22(31)16-10-8-13(11-17(16)21(29)30)19(26)14-7-9-15(20(27)28)18(12-14)23(32)34-36-25(4,5)6/h7-12H,1-6H3,(H,27,28)(H,29,30). The van der Waals surface area contributed by atoms with Crippen molar-refractivity contribution in [2.45, 2.75) is 52.7 Å². The summed E-state index contributed by atoms with van der Waals surface area (Å²) >= 11 is 0. The van der Waals surface area contributed by atoms with Crippen molar-refractivity contribution in [2.75, 3.05) is 0 Å². The normalized spacial score (nSPS) is 11.5. The summed E-state index contributed by atoms with van der Waals surface area (Å²) < 4.78 is 0. The van der Waals surface area contributed by atoms with Crippen molar-refractivity contribution in [3.63, 3.8) is 0 Å². The molecule has 0 aliphatic rings. The van der Waals surface area contributed by atoms with Gasteiger partial charge in [-0.3, -0.25) is 14.6 Å². The van der Waals surface area contributed by atoms with Gasteiger partial charge in [0.05, 0.1) is 22.3 Å². The van der Waals surface area contributed by atoms with Crippen LogP contribution in [0.15, 0.2) is 36.4 Å². The Bertz CT molecular complexity index is 1210. The Morgan fingerprint density at radius 3 is 1.39 bits per heavy atom. The summed E-state index contributed by atoms with van der Waals surface area (Å²) in [5.74, 6) is -5.90. The molecule has 0 heterocycles. The number of ketones is 1. The first-order chi connectivity index (χ1) is 16.5. The lowest BCUT2D eigenvalue weighted by atomic mass is 9.95. The van der Waals surface area contributed by atoms with Crippen LogP contribution in [0.25, 0.3) is 0 Å². The zero-order valence-electron chi connectivity index (χ0n) is 20.5. The molecule has 0 saturated carbocycles. The fourth-order valence-electron chi connectivity index (χ4n) is 2.66. The second-order valence-corrected chi connectivity index (χ2v) is 9.59. The summed E-state index contributed by atoms with van der Waals surface area (Å²) in [6.45, 7) is 9.67. The van der Waals surface area contributed by atoms with E-state index in [9.17, 15) is 34.2 Å². The summed E-state index contributed by atoms with van der Waals surface area (Å²) in [6, 6.07) is 6.44. The summed E-state index contributed by atoms with van der Waals surface area (Å²) in [5, 5.41) is 19.0. The van der Waals surface area contributed by atoms with E-state index in [1.807, 2.05) is 0 Å². The van der Waals surface area contributed by atoms with Crippen LogP contribution in [0.3, 0.4) is 0 Å². The van der Waals surface area contributed by atoms with Gasteiger partial charge < -0.3 is 10.2 Å². The fourth-order valence-corrected chi connectivity index (χ4v) is 2.66. The first-order valence-corrected chi connectivity index (χ1v) is 10.6. The van der Waals surface area contributed by atoms with E-state index in [2.05, 4.69) is 4.89 Å². The lowest BCUT2D eigenvalue weighted by Crippen LogP contribution is -2.23. The number of carbonyl (C=O) groups excluding carboxylic acids is 3. The van der Waals surface area contributed by atoms with Crippen LogP contribution in [0.5, 0.6) is 0 Å². The van der Waals surface area contributed by atoms with Gasteiger partial charge in [0.1, 0.15) is 11.2 Å². The number of hydrogen-bond donors (Lipinski definition) is 2. The maximum Gasteiger partial charge on any atom is 0.374 e. The Morgan fingerprint density at radius 1 is 0.583 bits per heavy atom. The average Bonchev–Trinajstić information content (AvgIpc) is 2.78. The van der Waals surface area contributed by atoms with Gasteiger partial charge >= 0.3 is 23.9 Å². The smallest absolute Gasteiger partial charge is 0.374 e. The topological polar surface area (TPSA) is 163 Å². The predicted molar refractivity (Wildman–Crippen MR) is 123 cm³/mol. The van der Waals surface area contributed by atoms with Crippen LogP contribution in [-0.2, 0) is 19.6 Å². The van der Waals surface area contributed by atoms with Crippen molar-refractivity contribution >= 4 is 29.7 Å². The summed E-state index contributed by atoms with van der Waals surface area (Å²) in [6.07, 6.45) is 0. The van der Waals surface area contributed by atoms with Crippen LogP contribution >= 0.6 is 0 Å². The van der Waals surface area contributed by atoms with Crippen molar-refractivity contribution < 1.29 is 53.7 Å². The summed E-state index contributed by atoms with van der Waals surface area (Å²) in [7, 11) is 0. The van der Waals surface area contributed by atoms with Gasteiger partial charge in [0.15, 0.2) is 5.78 Å². The summed E-state index contributed by atoms with van der Waals surface area (Å²) in [4.78, 5) is 80.4. The van der Waals surface area contributed by atoms with Crippen LogP contribution in [0, 0.1) is 0 Å². The van der Waals surface area contributed by atoms with Crippen molar-refractivity contribution in [3.8, 4) is 0 Å². The van der Waals surface area contributed by atoms with Crippen LogP contribution in [0.2, 0.25) is 0 Å². The molecule has 0 bridgehead atoms. The highest BCUT2D eigenvalue weighted by Crippen LogP contribution is 2.21. The Kier molecular flexibility index (Phi) is 8.34. The molecule has 0 spiro atoms. The van der Waals surface area contributed by atoms with Crippen molar-refractivity contribution in [1.29, 1.82) is 0 Å². The first-order valence-electron chi connectivity index (χ1n) is 10.6. The number of hydrogen-bond acceptors (Lipinski definition) is 9. The van der Waals surface area contributed by atoms with E-state index < -0.39 is 57.6 Å². The van der Waals surface area contributed by atoms with E-state index >= 15 is 0 Å². The minimum Gasteiger partial charge on any atom is -0.478 e. The van der Waals surface area contributed by atoms with Crippen LogP contribution < -0.4 is 0 Å². The largest absolute Gasteiger partial charge is 0.478 e. The lowest BCUT2D eigenvalue weighted by molar-refractivity contribution is -0.301. The SMILES string of the molecule is CC(C)(C)OOC(=O)c1ccc(C(=O)c2ccc(C(=O)O)c(C(=O)OOC(C)(C)C)c2)cc1C(=O)O. The highest BCUT2D eigenvalue weighted by atomic mass is 17.2.